The fraction of sp³-hybridized carbons (Fsp3) is 0.429. The fourth-order valence-electron chi connectivity index (χ4n) is 2.00. The summed E-state index contributed by atoms with van der Waals surface area (Å²) in [4.78, 5) is 6.85. The van der Waals surface area contributed by atoms with Gasteiger partial charge in [0.05, 0.1) is 6.04 Å². The van der Waals surface area contributed by atoms with Gasteiger partial charge in [-0.1, -0.05) is 36.4 Å². The van der Waals surface area contributed by atoms with Crippen molar-refractivity contribution in [1.29, 1.82) is 0 Å². The number of benzene rings is 1. The number of rotatable bonds is 2. The van der Waals surface area contributed by atoms with Crippen LogP contribution in [0.15, 0.2) is 29.3 Å². The number of amidine groups is 1. The number of nitrogens with zero attached hydrogens (tertiary/aromatic N) is 2. The molecule has 1 saturated heterocycles. The van der Waals surface area contributed by atoms with E-state index in [0.29, 0.717) is 21.4 Å². The molecule has 2 fully saturated rings. The zero-order valence-corrected chi connectivity index (χ0v) is 13.6. The Morgan fingerprint density at radius 1 is 1.50 bits per heavy atom. The molecule has 1 N–H and O–H groups in total. The third-order valence-electron chi connectivity index (χ3n) is 3.14. The summed E-state index contributed by atoms with van der Waals surface area (Å²) in [5.41, 5.74) is 0.915. The molecule has 0 aromatic heterocycles. The van der Waals surface area contributed by atoms with Crippen LogP contribution in [0.4, 0.5) is 5.69 Å². The second kappa shape index (κ2) is 5.92. The lowest BCUT2D eigenvalue weighted by atomic mass is 10.3. The van der Waals surface area contributed by atoms with Gasteiger partial charge in [0.25, 0.3) is 0 Å². The van der Waals surface area contributed by atoms with Crippen LogP contribution in [0.2, 0.25) is 5.02 Å². The van der Waals surface area contributed by atoms with Crippen LogP contribution >= 0.6 is 35.6 Å². The lowest BCUT2D eigenvalue weighted by molar-refractivity contribution is 0.637. The Hall–Kier alpha value is -0.780. The van der Waals surface area contributed by atoms with E-state index in [1.165, 1.54) is 12.8 Å². The van der Waals surface area contributed by atoms with E-state index in [0.717, 1.165) is 17.4 Å². The van der Waals surface area contributed by atoms with Crippen molar-refractivity contribution in [3.05, 3.63) is 29.3 Å². The third-order valence-corrected chi connectivity index (χ3v) is 4.78. The topological polar surface area (TPSA) is 27.6 Å². The van der Waals surface area contributed by atoms with Gasteiger partial charge in [-0.2, -0.15) is 0 Å². The smallest absolute Gasteiger partial charge is 0.179 e. The first-order chi connectivity index (χ1) is 9.61. The van der Waals surface area contributed by atoms with Crippen LogP contribution in [0.3, 0.4) is 0 Å². The molecule has 106 valence electrons. The van der Waals surface area contributed by atoms with Crippen LogP contribution in [0.1, 0.15) is 19.8 Å². The standard InChI is InChI=1S/C14H16ClN3S2/c1-9-8-18(14(20-9)17-11-5-6-11)13(19)16-12-4-2-3-10(15)7-12/h2-4,7,9,11H,5-6,8H2,1H3,(H,16,19). The largest absolute Gasteiger partial charge is 0.332 e. The summed E-state index contributed by atoms with van der Waals surface area (Å²) in [6, 6.07) is 8.11. The maximum absolute atomic E-state index is 5.99. The maximum Gasteiger partial charge on any atom is 0.179 e. The second-order valence-electron chi connectivity index (χ2n) is 5.12. The molecule has 0 bridgehead atoms. The lowest BCUT2D eigenvalue weighted by Crippen LogP contribution is -2.36. The Kier molecular flexibility index (Phi) is 4.19. The third kappa shape index (κ3) is 3.45. The summed E-state index contributed by atoms with van der Waals surface area (Å²) < 4.78 is 0. The quantitative estimate of drug-likeness (QED) is 0.832. The van der Waals surface area contributed by atoms with Gasteiger partial charge in [-0.3, -0.25) is 9.89 Å². The second-order valence-corrected chi connectivity index (χ2v) is 7.35. The van der Waals surface area contributed by atoms with E-state index in [1.807, 2.05) is 24.3 Å². The summed E-state index contributed by atoms with van der Waals surface area (Å²) in [6.07, 6.45) is 2.42. The van der Waals surface area contributed by atoms with Gasteiger partial charge in [0, 0.05) is 22.5 Å². The maximum atomic E-state index is 5.99. The highest BCUT2D eigenvalue weighted by molar-refractivity contribution is 8.14. The van der Waals surface area contributed by atoms with Crippen LogP contribution in [0.25, 0.3) is 0 Å². The molecule has 1 aromatic carbocycles. The summed E-state index contributed by atoms with van der Waals surface area (Å²) in [5.74, 6) is 0. The number of hydrogen-bond donors (Lipinski definition) is 1. The van der Waals surface area contributed by atoms with Gasteiger partial charge >= 0.3 is 0 Å². The van der Waals surface area contributed by atoms with Gasteiger partial charge < -0.3 is 5.32 Å². The Morgan fingerprint density at radius 2 is 2.30 bits per heavy atom. The number of hydrogen-bond acceptors (Lipinski definition) is 3. The highest BCUT2D eigenvalue weighted by atomic mass is 35.5. The van der Waals surface area contributed by atoms with Crippen molar-refractivity contribution in [2.45, 2.75) is 31.1 Å². The molecule has 1 heterocycles. The summed E-state index contributed by atoms with van der Waals surface area (Å²) in [6.45, 7) is 3.11. The fourth-order valence-corrected chi connectivity index (χ4v) is 3.62. The molecule has 1 aromatic rings. The Balaban J connectivity index is 1.72. The molecule has 6 heteroatoms. The zero-order valence-electron chi connectivity index (χ0n) is 11.2. The van der Waals surface area contributed by atoms with Gasteiger partial charge in [-0.15, -0.1) is 0 Å². The van der Waals surface area contributed by atoms with E-state index in [2.05, 4.69) is 17.1 Å². The zero-order chi connectivity index (χ0) is 14.1. The highest BCUT2D eigenvalue weighted by Gasteiger charge is 2.31. The van der Waals surface area contributed by atoms with Crippen molar-refractivity contribution in [2.75, 3.05) is 11.9 Å². The van der Waals surface area contributed by atoms with E-state index in [-0.39, 0.29) is 0 Å². The average Bonchev–Trinajstić information content (AvgIpc) is 3.11. The van der Waals surface area contributed by atoms with E-state index >= 15 is 0 Å². The van der Waals surface area contributed by atoms with Gasteiger partial charge in [-0.05, 0) is 43.3 Å². The molecule has 1 saturated carbocycles. The van der Waals surface area contributed by atoms with Crippen LogP contribution in [0, 0.1) is 0 Å². The van der Waals surface area contributed by atoms with E-state index < -0.39 is 0 Å². The SMILES string of the molecule is CC1CN(C(=S)Nc2cccc(Cl)c2)C(=NC2CC2)S1. The molecule has 1 atom stereocenters. The minimum atomic E-state index is 0.513. The first-order valence-corrected chi connectivity index (χ1v) is 8.37. The molecular formula is C14H16ClN3S2. The highest BCUT2D eigenvalue weighted by Crippen LogP contribution is 2.31. The van der Waals surface area contributed by atoms with Gasteiger partial charge in [0.1, 0.15) is 0 Å². The first-order valence-electron chi connectivity index (χ1n) is 6.70. The molecule has 0 radical (unpaired) electrons. The average molecular weight is 326 g/mol. The van der Waals surface area contributed by atoms with Crippen molar-refractivity contribution in [3.63, 3.8) is 0 Å². The van der Waals surface area contributed by atoms with Crippen LogP contribution < -0.4 is 5.32 Å². The van der Waals surface area contributed by atoms with E-state index in [1.54, 1.807) is 11.8 Å². The normalized spacial score (nSPS) is 24.2. The van der Waals surface area contributed by atoms with Gasteiger partial charge in [-0.25, -0.2) is 0 Å². The lowest BCUT2D eigenvalue weighted by Gasteiger charge is -2.20. The van der Waals surface area contributed by atoms with Gasteiger partial charge in [0.15, 0.2) is 10.3 Å². The molecule has 1 aliphatic carbocycles. The number of aliphatic imine (C=N–C) groups is 1. The molecular weight excluding hydrogens is 310 g/mol. The van der Waals surface area contributed by atoms with E-state index in [4.69, 9.17) is 28.8 Å². The van der Waals surface area contributed by atoms with Crippen molar-refractivity contribution in [2.24, 2.45) is 4.99 Å². The summed E-state index contributed by atoms with van der Waals surface area (Å²) >= 11 is 13.3. The van der Waals surface area contributed by atoms with Crippen molar-refractivity contribution in [1.82, 2.24) is 4.90 Å². The molecule has 1 aliphatic heterocycles. The van der Waals surface area contributed by atoms with Crippen molar-refractivity contribution < 1.29 is 0 Å². The summed E-state index contributed by atoms with van der Waals surface area (Å²) in [5, 5.41) is 6.22. The minimum Gasteiger partial charge on any atom is -0.332 e. The molecule has 2 aliphatic rings. The number of thioether (sulfide) groups is 1. The molecule has 1 unspecified atom stereocenters. The number of nitrogens with one attached hydrogen (secondary N) is 1. The van der Waals surface area contributed by atoms with Gasteiger partial charge in [0.2, 0.25) is 0 Å². The monoisotopic (exact) mass is 325 g/mol. The summed E-state index contributed by atoms with van der Waals surface area (Å²) in [7, 11) is 0. The van der Waals surface area contributed by atoms with Crippen LogP contribution in [-0.2, 0) is 0 Å². The Labute approximate surface area is 133 Å². The number of anilines is 1. The predicted molar refractivity (Wildman–Crippen MR) is 91.9 cm³/mol. The molecule has 3 nitrogen and oxygen atoms in total. The predicted octanol–water partition coefficient (Wildman–Crippen LogP) is 3.99. The van der Waals surface area contributed by atoms with Crippen LogP contribution in [-0.4, -0.2) is 33.0 Å². The van der Waals surface area contributed by atoms with Crippen LogP contribution in [0.5, 0.6) is 0 Å². The van der Waals surface area contributed by atoms with Crippen molar-refractivity contribution in [3.8, 4) is 0 Å². The molecule has 20 heavy (non-hydrogen) atoms. The number of thiocarbonyl (C=S) groups is 1. The number of halogens is 1. The Bertz CT molecular complexity index is 557. The molecule has 0 amide bonds. The Morgan fingerprint density at radius 3 is 3.00 bits per heavy atom. The molecule has 0 spiro atoms. The molecule has 3 rings (SSSR count). The van der Waals surface area contributed by atoms with E-state index in [9.17, 15) is 0 Å². The first kappa shape index (κ1) is 14.2. The minimum absolute atomic E-state index is 0.513. The van der Waals surface area contributed by atoms with Crippen molar-refractivity contribution >= 4 is 51.5 Å².